The smallest absolute Gasteiger partial charge is 0.135 e. The van der Waals surface area contributed by atoms with Crippen molar-refractivity contribution in [1.29, 1.82) is 0 Å². The van der Waals surface area contributed by atoms with E-state index in [2.05, 4.69) is 56.1 Å². The minimum absolute atomic E-state index is 0.816. The molecule has 1 aliphatic rings. The highest BCUT2D eigenvalue weighted by Gasteiger charge is 2.20. The molecule has 0 amide bonds. The second kappa shape index (κ2) is 7.61. The fourth-order valence-electron chi connectivity index (χ4n) is 4.48. The average molecular weight is 402 g/mol. The van der Waals surface area contributed by atoms with E-state index < -0.39 is 0 Å². The van der Waals surface area contributed by atoms with Crippen LogP contribution in [-0.2, 0) is 19.5 Å². The van der Waals surface area contributed by atoms with Gasteiger partial charge in [-0.15, -0.1) is 10.2 Å². The molecular formula is C24H26N4O2. The number of methoxy groups -OCH3 is 1. The largest absolute Gasteiger partial charge is 0.496 e. The lowest BCUT2D eigenvalue weighted by Crippen LogP contribution is -2.26. The van der Waals surface area contributed by atoms with Gasteiger partial charge in [-0.1, -0.05) is 30.3 Å². The van der Waals surface area contributed by atoms with E-state index in [-0.39, 0.29) is 0 Å². The van der Waals surface area contributed by atoms with Gasteiger partial charge in [0, 0.05) is 49.1 Å². The first-order chi connectivity index (χ1) is 14.6. The molecule has 154 valence electrons. The molecule has 0 bridgehead atoms. The van der Waals surface area contributed by atoms with E-state index in [0.717, 1.165) is 83.4 Å². The molecule has 0 fully saturated rings. The van der Waals surface area contributed by atoms with Gasteiger partial charge in [0.15, 0.2) is 0 Å². The first-order valence-electron chi connectivity index (χ1n) is 10.4. The van der Waals surface area contributed by atoms with Gasteiger partial charge >= 0.3 is 0 Å². The first-order valence-corrected chi connectivity index (χ1v) is 10.4. The number of hydrogen-bond donors (Lipinski definition) is 0. The Morgan fingerprint density at radius 1 is 1.03 bits per heavy atom. The van der Waals surface area contributed by atoms with Gasteiger partial charge in [0.05, 0.1) is 7.11 Å². The van der Waals surface area contributed by atoms with Gasteiger partial charge in [0.25, 0.3) is 0 Å². The molecule has 30 heavy (non-hydrogen) atoms. The number of aryl methyl sites for hydroxylation is 2. The summed E-state index contributed by atoms with van der Waals surface area (Å²) in [5.74, 6) is 3.90. The second-order valence-corrected chi connectivity index (χ2v) is 7.90. The third-order valence-corrected chi connectivity index (χ3v) is 6.03. The molecule has 4 aromatic rings. The Balaban J connectivity index is 1.47. The molecule has 0 spiro atoms. The quantitative estimate of drug-likeness (QED) is 0.507. The second-order valence-electron chi connectivity index (χ2n) is 7.90. The molecular weight excluding hydrogens is 376 g/mol. The Labute approximate surface area is 176 Å². The summed E-state index contributed by atoms with van der Waals surface area (Å²) in [6.45, 7) is 7.69. The monoisotopic (exact) mass is 402 g/mol. The normalized spacial score (nSPS) is 14.6. The molecule has 0 N–H and O–H groups in total. The topological polar surface area (TPSA) is 56.3 Å². The minimum Gasteiger partial charge on any atom is -0.496 e. The summed E-state index contributed by atoms with van der Waals surface area (Å²) in [7, 11) is 1.74. The standard InChI is InChI=1S/C24H26N4O2/c1-16-24(18-7-5-4-6-8-18)20-14-21(29-3)19(13-22(20)30-16)15-27-10-9-23-26-25-17(2)28(23)12-11-27/h4-8,13-14H,9-12,15H2,1-3H3. The highest BCUT2D eigenvalue weighted by molar-refractivity contribution is 5.97. The maximum Gasteiger partial charge on any atom is 0.135 e. The number of fused-ring (bicyclic) bond motifs is 2. The van der Waals surface area contributed by atoms with E-state index in [1.807, 2.05) is 19.9 Å². The van der Waals surface area contributed by atoms with Gasteiger partial charge < -0.3 is 13.7 Å². The summed E-state index contributed by atoms with van der Waals surface area (Å²) in [5, 5.41) is 9.62. The molecule has 5 rings (SSSR count). The van der Waals surface area contributed by atoms with Crippen molar-refractivity contribution < 1.29 is 9.15 Å². The average Bonchev–Trinajstić information content (AvgIpc) is 3.19. The lowest BCUT2D eigenvalue weighted by atomic mass is 10.0. The molecule has 1 aliphatic heterocycles. The van der Waals surface area contributed by atoms with Crippen LogP contribution in [0.1, 0.15) is 23.0 Å². The highest BCUT2D eigenvalue weighted by Crippen LogP contribution is 2.38. The van der Waals surface area contributed by atoms with E-state index >= 15 is 0 Å². The summed E-state index contributed by atoms with van der Waals surface area (Å²) in [4.78, 5) is 2.45. The van der Waals surface area contributed by atoms with Gasteiger partial charge in [-0.2, -0.15) is 0 Å². The molecule has 0 unspecified atom stereocenters. The van der Waals surface area contributed by atoms with Crippen molar-refractivity contribution >= 4 is 11.0 Å². The van der Waals surface area contributed by atoms with Crippen LogP contribution in [-0.4, -0.2) is 39.9 Å². The Kier molecular flexibility index (Phi) is 4.79. The summed E-state index contributed by atoms with van der Waals surface area (Å²) >= 11 is 0. The zero-order chi connectivity index (χ0) is 20.7. The molecule has 2 aromatic carbocycles. The molecule has 0 aliphatic carbocycles. The minimum atomic E-state index is 0.816. The van der Waals surface area contributed by atoms with Crippen LogP contribution in [0, 0.1) is 13.8 Å². The van der Waals surface area contributed by atoms with Gasteiger partial charge in [0.1, 0.15) is 28.7 Å². The molecule has 6 heteroatoms. The Bertz CT molecular complexity index is 1190. The molecule has 0 atom stereocenters. The number of furan rings is 1. The summed E-state index contributed by atoms with van der Waals surface area (Å²) in [6, 6.07) is 14.7. The first kappa shape index (κ1) is 18.9. The molecule has 3 heterocycles. The van der Waals surface area contributed by atoms with Crippen LogP contribution in [0.4, 0.5) is 0 Å². The summed E-state index contributed by atoms with van der Waals surface area (Å²) in [6.07, 6.45) is 0.906. The van der Waals surface area contributed by atoms with Crippen LogP contribution in [0.5, 0.6) is 5.75 Å². The van der Waals surface area contributed by atoms with Gasteiger partial charge in [-0.25, -0.2) is 0 Å². The van der Waals surface area contributed by atoms with Crippen molar-refractivity contribution in [2.75, 3.05) is 20.2 Å². The van der Waals surface area contributed by atoms with E-state index in [0.29, 0.717) is 0 Å². The molecule has 0 saturated heterocycles. The van der Waals surface area contributed by atoms with Crippen molar-refractivity contribution in [3.63, 3.8) is 0 Å². The third-order valence-electron chi connectivity index (χ3n) is 6.03. The van der Waals surface area contributed by atoms with Crippen molar-refractivity contribution in [2.24, 2.45) is 0 Å². The predicted octanol–water partition coefficient (Wildman–Crippen LogP) is 4.38. The summed E-state index contributed by atoms with van der Waals surface area (Å²) in [5.41, 5.74) is 4.35. The molecule has 0 radical (unpaired) electrons. The predicted molar refractivity (Wildman–Crippen MR) is 117 cm³/mol. The lowest BCUT2D eigenvalue weighted by Gasteiger charge is -2.21. The molecule has 6 nitrogen and oxygen atoms in total. The van der Waals surface area contributed by atoms with Crippen molar-refractivity contribution in [3.8, 4) is 16.9 Å². The highest BCUT2D eigenvalue weighted by atomic mass is 16.5. The van der Waals surface area contributed by atoms with E-state index in [1.165, 1.54) is 0 Å². The number of nitrogens with zero attached hydrogens (tertiary/aromatic N) is 4. The van der Waals surface area contributed by atoms with Gasteiger partial charge in [0.2, 0.25) is 0 Å². The van der Waals surface area contributed by atoms with Crippen LogP contribution in [0.3, 0.4) is 0 Å². The molecule has 0 saturated carbocycles. The number of aromatic nitrogens is 3. The van der Waals surface area contributed by atoms with Gasteiger partial charge in [-0.05, 0) is 31.5 Å². The van der Waals surface area contributed by atoms with Crippen LogP contribution in [0.25, 0.3) is 22.1 Å². The molecule has 2 aromatic heterocycles. The fourth-order valence-corrected chi connectivity index (χ4v) is 4.48. The van der Waals surface area contributed by atoms with E-state index in [9.17, 15) is 0 Å². The Morgan fingerprint density at radius 3 is 2.67 bits per heavy atom. The number of hydrogen-bond acceptors (Lipinski definition) is 5. The van der Waals surface area contributed by atoms with Gasteiger partial charge in [-0.3, -0.25) is 4.90 Å². The SMILES string of the molecule is COc1cc2c(-c3ccccc3)c(C)oc2cc1CN1CCc2nnc(C)n2CC1. The fraction of sp³-hybridized carbons (Fsp3) is 0.333. The lowest BCUT2D eigenvalue weighted by molar-refractivity contribution is 0.266. The maximum absolute atomic E-state index is 6.17. The van der Waals surface area contributed by atoms with Crippen LogP contribution in [0.2, 0.25) is 0 Å². The zero-order valence-electron chi connectivity index (χ0n) is 17.7. The zero-order valence-corrected chi connectivity index (χ0v) is 17.7. The maximum atomic E-state index is 6.17. The van der Waals surface area contributed by atoms with Crippen LogP contribution >= 0.6 is 0 Å². The Hall–Kier alpha value is -3.12. The van der Waals surface area contributed by atoms with Crippen molar-refractivity contribution in [2.45, 2.75) is 33.4 Å². The number of ether oxygens (including phenoxy) is 1. The van der Waals surface area contributed by atoms with Crippen LogP contribution < -0.4 is 4.74 Å². The van der Waals surface area contributed by atoms with Crippen molar-refractivity contribution in [1.82, 2.24) is 19.7 Å². The van der Waals surface area contributed by atoms with Crippen LogP contribution in [0.15, 0.2) is 46.9 Å². The number of benzene rings is 2. The number of rotatable bonds is 4. The van der Waals surface area contributed by atoms with Crippen molar-refractivity contribution in [3.05, 3.63) is 65.4 Å². The third kappa shape index (κ3) is 3.27. The van der Waals surface area contributed by atoms with E-state index in [1.54, 1.807) is 7.11 Å². The Morgan fingerprint density at radius 2 is 1.87 bits per heavy atom. The summed E-state index contributed by atoms with van der Waals surface area (Å²) < 4.78 is 14.2. The van der Waals surface area contributed by atoms with E-state index in [4.69, 9.17) is 9.15 Å².